The first-order valence-electron chi connectivity index (χ1n) is 5.87. The van der Waals surface area contributed by atoms with Gasteiger partial charge in [0.25, 0.3) is 0 Å². The summed E-state index contributed by atoms with van der Waals surface area (Å²) in [5.74, 6) is 0.596. The minimum absolute atomic E-state index is 0.184. The number of nitrogens with one attached hydrogen (secondary N) is 2. The standard InChI is InChI=1S/C11H16N6OS/c1-7(9-15-8(2)5-19-9)4-12-11(18)16-10-13-6-14-17(10)3/h5-7H,4H2,1-3H3,(H2,12,13,14,16,18)/t7-/m0/s1. The van der Waals surface area contributed by atoms with E-state index in [2.05, 4.69) is 25.7 Å². The van der Waals surface area contributed by atoms with E-state index in [0.717, 1.165) is 10.7 Å². The molecule has 8 heteroatoms. The van der Waals surface area contributed by atoms with Crippen molar-refractivity contribution in [1.82, 2.24) is 25.1 Å². The van der Waals surface area contributed by atoms with Gasteiger partial charge in [0.05, 0.1) is 5.01 Å². The van der Waals surface area contributed by atoms with Crippen molar-refractivity contribution in [3.05, 3.63) is 22.4 Å². The van der Waals surface area contributed by atoms with Crippen molar-refractivity contribution >= 4 is 23.3 Å². The van der Waals surface area contributed by atoms with Gasteiger partial charge in [-0.3, -0.25) is 5.32 Å². The summed E-state index contributed by atoms with van der Waals surface area (Å²) in [5, 5.41) is 12.3. The second kappa shape index (κ2) is 5.79. The van der Waals surface area contributed by atoms with Crippen molar-refractivity contribution in [2.75, 3.05) is 11.9 Å². The zero-order valence-electron chi connectivity index (χ0n) is 11.0. The Morgan fingerprint density at radius 3 is 2.95 bits per heavy atom. The van der Waals surface area contributed by atoms with E-state index >= 15 is 0 Å². The van der Waals surface area contributed by atoms with Crippen molar-refractivity contribution in [3.8, 4) is 0 Å². The molecule has 0 aliphatic heterocycles. The third-order valence-corrected chi connectivity index (χ3v) is 3.76. The number of urea groups is 1. The number of amides is 2. The zero-order valence-corrected chi connectivity index (χ0v) is 11.9. The largest absolute Gasteiger partial charge is 0.337 e. The third kappa shape index (κ3) is 3.50. The van der Waals surface area contributed by atoms with Gasteiger partial charge in [-0.05, 0) is 6.92 Å². The Bertz CT molecular complexity index is 563. The Hall–Kier alpha value is -1.96. The van der Waals surface area contributed by atoms with Gasteiger partial charge in [0.2, 0.25) is 5.95 Å². The smallest absolute Gasteiger partial charge is 0.321 e. The van der Waals surface area contributed by atoms with Crippen LogP contribution in [0.15, 0.2) is 11.7 Å². The average molecular weight is 280 g/mol. The summed E-state index contributed by atoms with van der Waals surface area (Å²) in [6.07, 6.45) is 1.39. The van der Waals surface area contributed by atoms with Crippen LogP contribution in [0.1, 0.15) is 23.5 Å². The molecule has 0 radical (unpaired) electrons. The molecule has 0 saturated heterocycles. The molecule has 19 heavy (non-hydrogen) atoms. The summed E-state index contributed by atoms with van der Waals surface area (Å²) in [7, 11) is 1.71. The molecule has 2 aromatic heterocycles. The molecule has 0 aliphatic carbocycles. The highest BCUT2D eigenvalue weighted by Gasteiger charge is 2.12. The van der Waals surface area contributed by atoms with Crippen LogP contribution in [0.2, 0.25) is 0 Å². The monoisotopic (exact) mass is 280 g/mol. The summed E-state index contributed by atoms with van der Waals surface area (Å²) < 4.78 is 1.49. The second-order valence-electron chi connectivity index (χ2n) is 4.27. The van der Waals surface area contributed by atoms with Gasteiger partial charge in [0.1, 0.15) is 6.33 Å². The molecular formula is C11H16N6OS. The van der Waals surface area contributed by atoms with Gasteiger partial charge in [0, 0.05) is 30.6 Å². The number of carbonyl (C=O) groups excluding carboxylic acids is 1. The lowest BCUT2D eigenvalue weighted by atomic mass is 10.2. The first kappa shape index (κ1) is 13.5. The molecule has 2 N–H and O–H groups in total. The second-order valence-corrected chi connectivity index (χ2v) is 5.16. The van der Waals surface area contributed by atoms with E-state index in [0.29, 0.717) is 12.5 Å². The van der Waals surface area contributed by atoms with E-state index in [1.54, 1.807) is 18.4 Å². The molecule has 7 nitrogen and oxygen atoms in total. The van der Waals surface area contributed by atoms with Crippen molar-refractivity contribution in [1.29, 1.82) is 0 Å². The maximum absolute atomic E-state index is 11.7. The Morgan fingerprint density at radius 1 is 1.58 bits per heavy atom. The maximum Gasteiger partial charge on any atom is 0.321 e. The molecular weight excluding hydrogens is 264 g/mol. The lowest BCUT2D eigenvalue weighted by molar-refractivity contribution is 0.251. The summed E-state index contributed by atoms with van der Waals surface area (Å²) in [5.41, 5.74) is 1.01. The van der Waals surface area contributed by atoms with Crippen molar-refractivity contribution in [2.45, 2.75) is 19.8 Å². The Kier molecular flexibility index (Phi) is 4.10. The molecule has 2 rings (SSSR count). The molecule has 2 amide bonds. The fraction of sp³-hybridized carbons (Fsp3) is 0.455. The molecule has 0 bridgehead atoms. The lowest BCUT2D eigenvalue weighted by Gasteiger charge is -2.10. The van der Waals surface area contributed by atoms with Crippen LogP contribution in [0, 0.1) is 6.92 Å². The molecule has 1 atom stereocenters. The summed E-state index contributed by atoms with van der Waals surface area (Å²) in [6, 6.07) is -0.295. The number of anilines is 1. The van der Waals surface area contributed by atoms with Crippen LogP contribution >= 0.6 is 11.3 Å². The first-order valence-corrected chi connectivity index (χ1v) is 6.75. The van der Waals surface area contributed by atoms with Crippen LogP contribution in [-0.2, 0) is 7.05 Å². The van der Waals surface area contributed by atoms with Crippen molar-refractivity contribution < 1.29 is 4.79 Å². The predicted octanol–water partition coefficient (Wildman–Crippen LogP) is 1.51. The van der Waals surface area contributed by atoms with Crippen molar-refractivity contribution in [2.24, 2.45) is 7.05 Å². The highest BCUT2D eigenvalue weighted by atomic mass is 32.1. The summed E-state index contributed by atoms with van der Waals surface area (Å²) in [4.78, 5) is 20.0. The van der Waals surface area contributed by atoms with E-state index in [1.165, 1.54) is 11.0 Å². The van der Waals surface area contributed by atoms with Gasteiger partial charge < -0.3 is 5.32 Å². The quantitative estimate of drug-likeness (QED) is 0.889. The summed E-state index contributed by atoms with van der Waals surface area (Å²) in [6.45, 7) is 4.51. The third-order valence-electron chi connectivity index (χ3n) is 2.56. The SMILES string of the molecule is Cc1csc([C@@H](C)CNC(=O)Nc2ncnn2C)n1. The molecule has 0 spiro atoms. The zero-order chi connectivity index (χ0) is 13.8. The van der Waals surface area contributed by atoms with Gasteiger partial charge in [-0.2, -0.15) is 10.1 Å². The van der Waals surface area contributed by atoms with Crippen LogP contribution in [0.3, 0.4) is 0 Å². The number of rotatable bonds is 4. The van der Waals surface area contributed by atoms with E-state index in [4.69, 9.17) is 0 Å². The number of aryl methyl sites for hydroxylation is 2. The minimum Gasteiger partial charge on any atom is -0.337 e. The Labute approximate surface area is 115 Å². The number of hydrogen-bond acceptors (Lipinski definition) is 5. The molecule has 2 aromatic rings. The maximum atomic E-state index is 11.7. The minimum atomic E-state index is -0.295. The van der Waals surface area contributed by atoms with Gasteiger partial charge in [0.15, 0.2) is 0 Å². The highest BCUT2D eigenvalue weighted by molar-refractivity contribution is 7.09. The molecule has 0 unspecified atom stereocenters. The van der Waals surface area contributed by atoms with Crippen LogP contribution in [0.4, 0.5) is 10.7 Å². The van der Waals surface area contributed by atoms with Crippen molar-refractivity contribution in [3.63, 3.8) is 0 Å². The predicted molar refractivity (Wildman–Crippen MR) is 73.3 cm³/mol. The van der Waals surface area contributed by atoms with Crippen LogP contribution in [-0.4, -0.2) is 32.3 Å². The fourth-order valence-electron chi connectivity index (χ4n) is 1.49. The van der Waals surface area contributed by atoms with E-state index in [-0.39, 0.29) is 11.9 Å². The van der Waals surface area contributed by atoms with Gasteiger partial charge in [-0.15, -0.1) is 11.3 Å². The van der Waals surface area contributed by atoms with Gasteiger partial charge >= 0.3 is 6.03 Å². The number of aromatic nitrogens is 4. The van der Waals surface area contributed by atoms with Gasteiger partial charge in [-0.25, -0.2) is 14.5 Å². The molecule has 0 aromatic carbocycles. The number of nitrogens with zero attached hydrogens (tertiary/aromatic N) is 4. The van der Waals surface area contributed by atoms with E-state index in [9.17, 15) is 4.79 Å². The van der Waals surface area contributed by atoms with E-state index < -0.39 is 0 Å². The molecule has 0 fully saturated rings. The van der Waals surface area contributed by atoms with Crippen LogP contribution < -0.4 is 10.6 Å². The molecule has 0 saturated carbocycles. The van der Waals surface area contributed by atoms with E-state index in [1.807, 2.05) is 19.2 Å². The summed E-state index contributed by atoms with van der Waals surface area (Å²) >= 11 is 1.61. The van der Waals surface area contributed by atoms with Crippen LogP contribution in [0.25, 0.3) is 0 Å². The normalized spacial score (nSPS) is 12.2. The fourth-order valence-corrected chi connectivity index (χ4v) is 2.34. The molecule has 0 aliphatic rings. The Balaban J connectivity index is 1.82. The topological polar surface area (TPSA) is 84.7 Å². The number of hydrogen-bond donors (Lipinski definition) is 2. The number of carbonyl (C=O) groups is 1. The highest BCUT2D eigenvalue weighted by Crippen LogP contribution is 2.18. The average Bonchev–Trinajstić information content (AvgIpc) is 2.96. The van der Waals surface area contributed by atoms with Gasteiger partial charge in [-0.1, -0.05) is 6.92 Å². The number of thiazole rings is 1. The Morgan fingerprint density at radius 2 is 2.37 bits per heavy atom. The van der Waals surface area contributed by atoms with Crippen LogP contribution in [0.5, 0.6) is 0 Å². The lowest BCUT2D eigenvalue weighted by Crippen LogP contribution is -2.32. The molecule has 102 valence electrons. The first-order chi connectivity index (χ1) is 9.06. The molecule has 2 heterocycles.